The summed E-state index contributed by atoms with van der Waals surface area (Å²) >= 11 is 0. The van der Waals surface area contributed by atoms with Gasteiger partial charge in [-0.1, -0.05) is 172 Å². The molecule has 2 nitrogen and oxygen atoms in total. The molecule has 58 heavy (non-hydrogen) atoms. The minimum absolute atomic E-state index is 1.15. The molecule has 2 heteroatoms. The Bertz CT molecular complexity index is 3200. The van der Waals surface area contributed by atoms with E-state index in [2.05, 4.69) is 228 Å². The van der Waals surface area contributed by atoms with Gasteiger partial charge in [-0.25, -0.2) is 0 Å². The van der Waals surface area contributed by atoms with Crippen molar-refractivity contribution in [3.63, 3.8) is 0 Å². The average molecular weight is 743 g/mol. The molecule has 0 aliphatic heterocycles. The predicted octanol–water partition coefficient (Wildman–Crippen LogP) is 15.6. The van der Waals surface area contributed by atoms with Crippen molar-refractivity contribution in [3.8, 4) is 55.9 Å². The monoisotopic (exact) mass is 742 g/mol. The maximum absolute atomic E-state index is 2.40. The topological polar surface area (TPSA) is 9.86 Å². The largest absolute Gasteiger partial charge is 0.309 e. The lowest BCUT2D eigenvalue weighted by Gasteiger charge is -2.12. The summed E-state index contributed by atoms with van der Waals surface area (Å²) in [5, 5.41) is 5.00. The molecule has 11 aromatic rings. The summed E-state index contributed by atoms with van der Waals surface area (Å²) in [6.07, 6.45) is 0. The molecule has 0 amide bonds. The summed E-state index contributed by atoms with van der Waals surface area (Å²) in [5.74, 6) is 0. The van der Waals surface area contributed by atoms with E-state index in [0.717, 1.165) is 11.4 Å². The number of rotatable bonds is 6. The van der Waals surface area contributed by atoms with E-state index in [1.807, 2.05) is 13.8 Å². The van der Waals surface area contributed by atoms with Crippen molar-refractivity contribution in [3.05, 3.63) is 218 Å². The minimum Gasteiger partial charge on any atom is -0.309 e. The molecule has 276 valence electrons. The Morgan fingerprint density at radius 1 is 0.241 bits per heavy atom. The zero-order valence-corrected chi connectivity index (χ0v) is 32.7. The van der Waals surface area contributed by atoms with Gasteiger partial charge in [0.05, 0.1) is 22.1 Å². The Hall–Kier alpha value is -7.42. The first-order valence-electron chi connectivity index (χ1n) is 20.3. The van der Waals surface area contributed by atoms with E-state index in [1.54, 1.807) is 0 Å². The third-order valence-electron chi connectivity index (χ3n) is 11.4. The quantitative estimate of drug-likeness (QED) is 0.161. The summed E-state index contributed by atoms with van der Waals surface area (Å²) in [5.41, 5.74) is 16.9. The standard InChI is InChI=1S/C54H36N2.C2H6/c1-3-13-37(14-4-1)38-23-29-43(30-24-38)55-51-21-11-9-19-47(51)49-35-41(27-33-53(49)55)42-28-34-54-50(36-42)48-20-10-12-22-52(48)56(54)44-31-25-40(26-32-44)46-18-8-7-17-45(46)39-15-5-2-6-16-39;1-2/h1-36H;1-2H3. The lowest BCUT2D eigenvalue weighted by molar-refractivity contribution is 1.18. The Kier molecular flexibility index (Phi) is 9.01. The molecule has 0 radical (unpaired) electrons. The molecule has 9 aromatic carbocycles. The van der Waals surface area contributed by atoms with Crippen molar-refractivity contribution in [2.45, 2.75) is 13.8 Å². The summed E-state index contributed by atoms with van der Waals surface area (Å²) in [4.78, 5) is 0. The van der Waals surface area contributed by atoms with Crippen LogP contribution in [0.1, 0.15) is 13.8 Å². The lowest BCUT2D eigenvalue weighted by atomic mass is 9.94. The highest BCUT2D eigenvalue weighted by Crippen LogP contribution is 2.39. The number of nitrogens with zero attached hydrogens (tertiary/aromatic N) is 2. The van der Waals surface area contributed by atoms with E-state index in [4.69, 9.17) is 0 Å². The van der Waals surface area contributed by atoms with Gasteiger partial charge < -0.3 is 9.13 Å². The van der Waals surface area contributed by atoms with Crippen LogP contribution in [0.15, 0.2) is 218 Å². The van der Waals surface area contributed by atoms with Crippen LogP contribution in [-0.4, -0.2) is 9.13 Å². The third kappa shape index (κ3) is 5.98. The SMILES string of the molecule is CC.c1ccc(-c2ccc(-n3c4ccccc4c4cc(-c5ccc6c(c5)c5ccccc5n6-c5ccc(-c6ccccc6-c6ccccc6)cc5)ccc43)cc2)cc1. The van der Waals surface area contributed by atoms with Gasteiger partial charge >= 0.3 is 0 Å². The Labute approximate surface area is 339 Å². The van der Waals surface area contributed by atoms with Gasteiger partial charge in [-0.05, 0) is 105 Å². The molecule has 11 rings (SSSR count). The highest BCUT2D eigenvalue weighted by atomic mass is 15.0. The molecule has 0 aliphatic carbocycles. The molecule has 2 aromatic heterocycles. The van der Waals surface area contributed by atoms with Gasteiger partial charge in [-0.2, -0.15) is 0 Å². The van der Waals surface area contributed by atoms with Gasteiger partial charge in [0, 0.05) is 32.9 Å². The first kappa shape index (κ1) is 35.0. The number of hydrogen-bond donors (Lipinski definition) is 0. The number of para-hydroxylation sites is 2. The minimum atomic E-state index is 1.15. The number of fused-ring (bicyclic) bond motifs is 6. The molecule has 0 aliphatic rings. The maximum Gasteiger partial charge on any atom is 0.0541 e. The van der Waals surface area contributed by atoms with Crippen LogP contribution in [0, 0.1) is 0 Å². The second-order valence-electron chi connectivity index (χ2n) is 14.5. The van der Waals surface area contributed by atoms with Crippen LogP contribution in [0.4, 0.5) is 0 Å². The fraction of sp³-hybridized carbons (Fsp3) is 0.0357. The summed E-state index contributed by atoms with van der Waals surface area (Å²) in [7, 11) is 0. The van der Waals surface area contributed by atoms with E-state index >= 15 is 0 Å². The summed E-state index contributed by atoms with van der Waals surface area (Å²) < 4.78 is 4.80. The molecule has 0 fully saturated rings. The summed E-state index contributed by atoms with van der Waals surface area (Å²) in [6, 6.07) is 79.3. The molecule has 0 saturated carbocycles. The molecule has 0 unspecified atom stereocenters. The van der Waals surface area contributed by atoms with Crippen LogP contribution >= 0.6 is 0 Å². The molecule has 0 bridgehead atoms. The van der Waals surface area contributed by atoms with Gasteiger partial charge in [0.1, 0.15) is 0 Å². The van der Waals surface area contributed by atoms with Crippen LogP contribution in [0.5, 0.6) is 0 Å². The normalized spacial score (nSPS) is 11.3. The number of hydrogen-bond acceptors (Lipinski definition) is 0. The van der Waals surface area contributed by atoms with E-state index in [1.165, 1.54) is 88.1 Å². The molecule has 2 heterocycles. The predicted molar refractivity (Wildman–Crippen MR) is 248 cm³/mol. The Morgan fingerprint density at radius 2 is 0.569 bits per heavy atom. The van der Waals surface area contributed by atoms with E-state index in [-0.39, 0.29) is 0 Å². The van der Waals surface area contributed by atoms with Gasteiger partial charge in [-0.15, -0.1) is 0 Å². The summed E-state index contributed by atoms with van der Waals surface area (Å²) in [6.45, 7) is 4.00. The lowest BCUT2D eigenvalue weighted by Crippen LogP contribution is -1.94. The highest BCUT2D eigenvalue weighted by Gasteiger charge is 2.17. The van der Waals surface area contributed by atoms with Gasteiger partial charge in [0.15, 0.2) is 0 Å². The van der Waals surface area contributed by atoms with Crippen molar-refractivity contribution in [2.75, 3.05) is 0 Å². The van der Waals surface area contributed by atoms with Crippen LogP contribution in [0.3, 0.4) is 0 Å². The molecule has 0 N–H and O–H groups in total. The van der Waals surface area contributed by atoms with Crippen LogP contribution in [-0.2, 0) is 0 Å². The molecular weight excluding hydrogens is 701 g/mol. The van der Waals surface area contributed by atoms with Gasteiger partial charge in [0.2, 0.25) is 0 Å². The van der Waals surface area contributed by atoms with Gasteiger partial charge in [-0.3, -0.25) is 0 Å². The smallest absolute Gasteiger partial charge is 0.0541 e. The van der Waals surface area contributed by atoms with Crippen LogP contribution in [0.2, 0.25) is 0 Å². The first-order valence-corrected chi connectivity index (χ1v) is 20.3. The Morgan fingerprint density at radius 3 is 1.05 bits per heavy atom. The van der Waals surface area contributed by atoms with Crippen LogP contribution < -0.4 is 0 Å². The molecule has 0 saturated heterocycles. The average Bonchev–Trinajstić information content (AvgIpc) is 3.82. The van der Waals surface area contributed by atoms with E-state index in [9.17, 15) is 0 Å². The maximum atomic E-state index is 2.40. The third-order valence-corrected chi connectivity index (χ3v) is 11.4. The number of benzene rings is 9. The fourth-order valence-electron chi connectivity index (χ4n) is 8.69. The fourth-order valence-corrected chi connectivity index (χ4v) is 8.69. The van der Waals surface area contributed by atoms with Crippen molar-refractivity contribution >= 4 is 43.6 Å². The molecule has 0 atom stereocenters. The van der Waals surface area contributed by atoms with E-state index in [0.29, 0.717) is 0 Å². The Balaban J connectivity index is 0.00000201. The van der Waals surface area contributed by atoms with Crippen molar-refractivity contribution < 1.29 is 0 Å². The zero-order valence-electron chi connectivity index (χ0n) is 32.7. The van der Waals surface area contributed by atoms with Crippen molar-refractivity contribution in [1.29, 1.82) is 0 Å². The zero-order chi connectivity index (χ0) is 39.0. The second kappa shape index (κ2) is 14.9. The molecule has 0 spiro atoms. The highest BCUT2D eigenvalue weighted by molar-refractivity contribution is 6.12. The molecular formula is C56H42N2. The van der Waals surface area contributed by atoms with Gasteiger partial charge in [0.25, 0.3) is 0 Å². The number of aromatic nitrogens is 2. The first-order chi connectivity index (χ1) is 28.8. The van der Waals surface area contributed by atoms with Crippen molar-refractivity contribution in [1.82, 2.24) is 9.13 Å². The van der Waals surface area contributed by atoms with Crippen molar-refractivity contribution in [2.24, 2.45) is 0 Å². The van der Waals surface area contributed by atoms with E-state index < -0.39 is 0 Å². The van der Waals surface area contributed by atoms with Crippen LogP contribution in [0.25, 0.3) is 99.5 Å². The second-order valence-corrected chi connectivity index (χ2v) is 14.5.